The van der Waals surface area contributed by atoms with E-state index >= 15 is 0 Å². The fourth-order valence-corrected chi connectivity index (χ4v) is 1.64. The zero-order valence-electron chi connectivity index (χ0n) is 8.08. The average molecular weight is 181 g/mol. The second-order valence-corrected chi connectivity index (χ2v) is 3.52. The Balaban J connectivity index is 2.18. The summed E-state index contributed by atoms with van der Waals surface area (Å²) in [5.41, 5.74) is 2.28. The van der Waals surface area contributed by atoms with Crippen LogP contribution < -0.4 is 5.32 Å². The van der Waals surface area contributed by atoms with Crippen molar-refractivity contribution in [2.45, 2.75) is 32.7 Å². The van der Waals surface area contributed by atoms with Crippen LogP contribution >= 0.6 is 0 Å². The van der Waals surface area contributed by atoms with Gasteiger partial charge in [0.25, 0.3) is 0 Å². The standard InChI is InChI=1S/C9H15N3O/c1-7-5-12-9(4-10-7)3-8(11-12)6-13-2/h3,7,10H,4-6H2,1-2H3/t7-/m1/s1. The van der Waals surface area contributed by atoms with Gasteiger partial charge in [0, 0.05) is 19.7 Å². The minimum atomic E-state index is 0.516. The zero-order valence-corrected chi connectivity index (χ0v) is 8.08. The molecular weight excluding hydrogens is 166 g/mol. The summed E-state index contributed by atoms with van der Waals surface area (Å²) in [6, 6.07) is 2.62. The molecule has 0 saturated carbocycles. The van der Waals surface area contributed by atoms with E-state index in [1.807, 2.05) is 0 Å². The van der Waals surface area contributed by atoms with Crippen LogP contribution in [0.3, 0.4) is 0 Å². The highest BCUT2D eigenvalue weighted by Crippen LogP contribution is 2.10. The molecule has 2 heterocycles. The van der Waals surface area contributed by atoms with E-state index in [9.17, 15) is 0 Å². The van der Waals surface area contributed by atoms with E-state index in [1.54, 1.807) is 7.11 Å². The van der Waals surface area contributed by atoms with E-state index in [0.29, 0.717) is 12.6 Å². The summed E-state index contributed by atoms with van der Waals surface area (Å²) in [4.78, 5) is 0. The first-order valence-electron chi connectivity index (χ1n) is 4.57. The fraction of sp³-hybridized carbons (Fsp3) is 0.667. The molecule has 0 aliphatic carbocycles. The zero-order chi connectivity index (χ0) is 9.26. The summed E-state index contributed by atoms with van der Waals surface area (Å²) < 4.78 is 7.10. The third-order valence-corrected chi connectivity index (χ3v) is 2.28. The number of methoxy groups -OCH3 is 1. The van der Waals surface area contributed by atoms with Crippen LogP contribution in [0.2, 0.25) is 0 Å². The summed E-state index contributed by atoms with van der Waals surface area (Å²) in [5, 5.41) is 7.83. The van der Waals surface area contributed by atoms with Crippen molar-refractivity contribution >= 4 is 0 Å². The Hall–Kier alpha value is -0.870. The van der Waals surface area contributed by atoms with Crippen LogP contribution in [0.15, 0.2) is 6.07 Å². The Morgan fingerprint density at radius 2 is 2.62 bits per heavy atom. The highest BCUT2D eigenvalue weighted by Gasteiger charge is 2.15. The van der Waals surface area contributed by atoms with Crippen LogP contribution in [0.4, 0.5) is 0 Å². The Bertz CT molecular complexity index is 295. The molecule has 1 atom stereocenters. The van der Waals surface area contributed by atoms with Crippen molar-refractivity contribution in [3.63, 3.8) is 0 Å². The predicted molar refractivity (Wildman–Crippen MR) is 49.2 cm³/mol. The summed E-state index contributed by atoms with van der Waals surface area (Å²) in [7, 11) is 1.69. The Labute approximate surface area is 77.9 Å². The van der Waals surface area contributed by atoms with Gasteiger partial charge in [0.15, 0.2) is 0 Å². The van der Waals surface area contributed by atoms with Gasteiger partial charge in [0.05, 0.1) is 24.5 Å². The molecule has 0 fully saturated rings. The molecule has 4 heteroatoms. The molecule has 1 aromatic heterocycles. The molecule has 2 rings (SSSR count). The first kappa shape index (κ1) is 8.72. The van der Waals surface area contributed by atoms with Crippen molar-refractivity contribution in [1.29, 1.82) is 0 Å². The van der Waals surface area contributed by atoms with E-state index in [4.69, 9.17) is 4.74 Å². The molecule has 13 heavy (non-hydrogen) atoms. The second kappa shape index (κ2) is 3.47. The lowest BCUT2D eigenvalue weighted by Crippen LogP contribution is -2.36. The van der Waals surface area contributed by atoms with Gasteiger partial charge in [-0.2, -0.15) is 5.10 Å². The van der Waals surface area contributed by atoms with E-state index in [2.05, 4.69) is 28.1 Å². The summed E-state index contributed by atoms with van der Waals surface area (Å²) in [6.07, 6.45) is 0. The van der Waals surface area contributed by atoms with E-state index in [0.717, 1.165) is 18.8 Å². The monoisotopic (exact) mass is 181 g/mol. The van der Waals surface area contributed by atoms with Crippen LogP contribution in [0, 0.1) is 0 Å². The topological polar surface area (TPSA) is 39.1 Å². The summed E-state index contributed by atoms with van der Waals surface area (Å²) >= 11 is 0. The lowest BCUT2D eigenvalue weighted by atomic mass is 10.2. The van der Waals surface area contributed by atoms with Gasteiger partial charge in [-0.25, -0.2) is 0 Å². The number of hydrogen-bond acceptors (Lipinski definition) is 3. The number of nitrogens with one attached hydrogen (secondary N) is 1. The minimum absolute atomic E-state index is 0.516. The predicted octanol–water partition coefficient (Wildman–Crippen LogP) is 0.521. The average Bonchev–Trinajstić information content (AvgIpc) is 2.46. The molecular formula is C9H15N3O. The molecule has 0 saturated heterocycles. The molecule has 1 N–H and O–H groups in total. The minimum Gasteiger partial charge on any atom is -0.378 e. The van der Waals surface area contributed by atoms with Crippen LogP contribution in [0.1, 0.15) is 18.3 Å². The quantitative estimate of drug-likeness (QED) is 0.723. The summed E-state index contributed by atoms with van der Waals surface area (Å²) in [6.45, 7) is 4.64. The van der Waals surface area contributed by atoms with Crippen molar-refractivity contribution in [3.8, 4) is 0 Å². The molecule has 0 radical (unpaired) electrons. The largest absolute Gasteiger partial charge is 0.378 e. The smallest absolute Gasteiger partial charge is 0.0902 e. The maximum atomic E-state index is 5.04. The maximum Gasteiger partial charge on any atom is 0.0902 e. The molecule has 0 aromatic carbocycles. The van der Waals surface area contributed by atoms with Gasteiger partial charge < -0.3 is 10.1 Å². The Kier molecular flexibility index (Phi) is 2.33. The molecule has 4 nitrogen and oxygen atoms in total. The molecule has 0 unspecified atom stereocenters. The number of fused-ring (bicyclic) bond motifs is 1. The fourth-order valence-electron chi connectivity index (χ4n) is 1.64. The van der Waals surface area contributed by atoms with E-state index < -0.39 is 0 Å². The van der Waals surface area contributed by atoms with Crippen molar-refractivity contribution in [2.24, 2.45) is 0 Å². The molecule has 0 spiro atoms. The highest BCUT2D eigenvalue weighted by molar-refractivity contribution is 5.11. The molecule has 1 aromatic rings. The number of rotatable bonds is 2. The SMILES string of the molecule is COCc1cc2n(n1)C[C@@H](C)NC2. The Morgan fingerprint density at radius 1 is 1.77 bits per heavy atom. The molecule has 1 aliphatic heterocycles. The van der Waals surface area contributed by atoms with Gasteiger partial charge in [-0.05, 0) is 13.0 Å². The van der Waals surface area contributed by atoms with Crippen LogP contribution in [-0.2, 0) is 24.4 Å². The lowest BCUT2D eigenvalue weighted by molar-refractivity contribution is 0.180. The Morgan fingerprint density at radius 3 is 3.38 bits per heavy atom. The third-order valence-electron chi connectivity index (χ3n) is 2.28. The molecule has 0 amide bonds. The van der Waals surface area contributed by atoms with Gasteiger partial charge in [-0.1, -0.05) is 0 Å². The van der Waals surface area contributed by atoms with Crippen LogP contribution in [-0.4, -0.2) is 22.9 Å². The van der Waals surface area contributed by atoms with E-state index in [1.165, 1.54) is 5.69 Å². The second-order valence-electron chi connectivity index (χ2n) is 3.52. The maximum absolute atomic E-state index is 5.04. The number of hydrogen-bond donors (Lipinski definition) is 1. The molecule has 0 bridgehead atoms. The molecule has 72 valence electrons. The first-order chi connectivity index (χ1) is 6.29. The summed E-state index contributed by atoms with van der Waals surface area (Å²) in [5.74, 6) is 0. The van der Waals surface area contributed by atoms with Gasteiger partial charge in [0.2, 0.25) is 0 Å². The van der Waals surface area contributed by atoms with Gasteiger partial charge in [-0.15, -0.1) is 0 Å². The first-order valence-corrected chi connectivity index (χ1v) is 4.57. The van der Waals surface area contributed by atoms with Crippen LogP contribution in [0.25, 0.3) is 0 Å². The van der Waals surface area contributed by atoms with Crippen molar-refractivity contribution < 1.29 is 4.74 Å². The van der Waals surface area contributed by atoms with Gasteiger partial charge in [0.1, 0.15) is 0 Å². The van der Waals surface area contributed by atoms with Gasteiger partial charge >= 0.3 is 0 Å². The highest BCUT2D eigenvalue weighted by atomic mass is 16.5. The normalized spacial score (nSPS) is 21.5. The number of aromatic nitrogens is 2. The van der Waals surface area contributed by atoms with E-state index in [-0.39, 0.29) is 0 Å². The van der Waals surface area contributed by atoms with Crippen molar-refractivity contribution in [2.75, 3.05) is 7.11 Å². The van der Waals surface area contributed by atoms with Crippen LogP contribution in [0.5, 0.6) is 0 Å². The molecule has 1 aliphatic rings. The van der Waals surface area contributed by atoms with Crippen molar-refractivity contribution in [3.05, 3.63) is 17.5 Å². The third kappa shape index (κ3) is 1.73. The van der Waals surface area contributed by atoms with Crippen molar-refractivity contribution in [1.82, 2.24) is 15.1 Å². The van der Waals surface area contributed by atoms with Gasteiger partial charge in [-0.3, -0.25) is 4.68 Å². The number of ether oxygens (including phenoxy) is 1. The number of nitrogens with zero attached hydrogens (tertiary/aromatic N) is 2. The lowest BCUT2D eigenvalue weighted by Gasteiger charge is -2.21.